The molecule has 2 heterocycles. The first kappa shape index (κ1) is 13.3. The highest BCUT2D eigenvalue weighted by molar-refractivity contribution is 4.85. The monoisotopic (exact) mass is 239 g/mol. The average Bonchev–Trinajstić information content (AvgIpc) is 2.40. The first-order chi connectivity index (χ1) is 8.33. The Labute approximate surface area is 107 Å². The third-order valence-corrected chi connectivity index (χ3v) is 4.47. The van der Waals surface area contributed by atoms with Crippen molar-refractivity contribution in [3.05, 3.63) is 0 Å². The molecule has 2 fully saturated rings. The number of nitrogens with zero attached hydrogens (tertiary/aromatic N) is 2. The molecule has 2 saturated heterocycles. The summed E-state index contributed by atoms with van der Waals surface area (Å²) in [5, 5.41) is 3.45. The van der Waals surface area contributed by atoms with Gasteiger partial charge in [-0.1, -0.05) is 6.92 Å². The van der Waals surface area contributed by atoms with E-state index < -0.39 is 0 Å². The van der Waals surface area contributed by atoms with E-state index >= 15 is 0 Å². The molecule has 0 radical (unpaired) electrons. The quantitative estimate of drug-likeness (QED) is 0.803. The molecule has 1 atom stereocenters. The van der Waals surface area contributed by atoms with Crippen molar-refractivity contribution in [2.45, 2.75) is 51.1 Å². The highest BCUT2D eigenvalue weighted by Gasteiger charge is 2.27. The minimum Gasteiger partial charge on any atom is -0.316 e. The van der Waals surface area contributed by atoms with Crippen LogP contribution >= 0.6 is 0 Å². The Morgan fingerprint density at radius 3 is 2.53 bits per heavy atom. The van der Waals surface area contributed by atoms with Crippen molar-refractivity contribution < 1.29 is 0 Å². The normalized spacial score (nSPS) is 29.6. The molecule has 0 aromatic rings. The summed E-state index contributed by atoms with van der Waals surface area (Å²) in [7, 11) is 2.11. The Bertz CT molecular complexity index is 212. The fourth-order valence-electron chi connectivity index (χ4n) is 3.40. The fraction of sp³-hybridized carbons (Fsp3) is 1.00. The van der Waals surface area contributed by atoms with Gasteiger partial charge in [-0.05, 0) is 65.3 Å². The van der Waals surface area contributed by atoms with Crippen LogP contribution in [0.4, 0.5) is 0 Å². The molecular formula is C14H29N3. The molecule has 2 aliphatic heterocycles. The Hall–Kier alpha value is -0.120. The maximum atomic E-state index is 3.45. The number of likely N-dealkylation sites (tertiary alicyclic amines) is 2. The topological polar surface area (TPSA) is 18.5 Å². The van der Waals surface area contributed by atoms with Crippen molar-refractivity contribution in [3.63, 3.8) is 0 Å². The summed E-state index contributed by atoms with van der Waals surface area (Å²) < 4.78 is 0. The molecule has 0 aliphatic carbocycles. The van der Waals surface area contributed by atoms with Crippen LogP contribution in [0.5, 0.6) is 0 Å². The summed E-state index contributed by atoms with van der Waals surface area (Å²) in [5.41, 5.74) is 0. The zero-order valence-electron chi connectivity index (χ0n) is 11.6. The fourth-order valence-corrected chi connectivity index (χ4v) is 3.40. The van der Waals surface area contributed by atoms with Gasteiger partial charge < -0.3 is 10.2 Å². The highest BCUT2D eigenvalue weighted by atomic mass is 15.2. The summed E-state index contributed by atoms with van der Waals surface area (Å²) >= 11 is 0. The third kappa shape index (κ3) is 3.67. The van der Waals surface area contributed by atoms with Crippen LogP contribution in [0.1, 0.15) is 39.0 Å². The van der Waals surface area contributed by atoms with Gasteiger partial charge in [-0.15, -0.1) is 0 Å². The number of piperidine rings is 2. The van der Waals surface area contributed by atoms with Crippen molar-refractivity contribution in [1.29, 1.82) is 0 Å². The van der Waals surface area contributed by atoms with E-state index in [1.165, 1.54) is 64.8 Å². The lowest BCUT2D eigenvalue weighted by Gasteiger charge is -2.42. The maximum absolute atomic E-state index is 3.45. The van der Waals surface area contributed by atoms with E-state index in [1.807, 2.05) is 0 Å². The molecule has 0 aromatic carbocycles. The summed E-state index contributed by atoms with van der Waals surface area (Å²) in [5.74, 6) is 0. The number of likely N-dealkylation sites (N-methyl/N-ethyl adjacent to an activating group) is 1. The lowest BCUT2D eigenvalue weighted by molar-refractivity contribution is 0.0813. The van der Waals surface area contributed by atoms with Crippen molar-refractivity contribution in [2.24, 2.45) is 0 Å². The second-order valence-corrected chi connectivity index (χ2v) is 5.70. The van der Waals surface area contributed by atoms with E-state index in [1.54, 1.807) is 0 Å². The molecule has 0 saturated carbocycles. The van der Waals surface area contributed by atoms with Gasteiger partial charge in [0.2, 0.25) is 0 Å². The summed E-state index contributed by atoms with van der Waals surface area (Å²) in [6.45, 7) is 8.82. The van der Waals surface area contributed by atoms with Gasteiger partial charge in [0.25, 0.3) is 0 Å². The Morgan fingerprint density at radius 1 is 1.12 bits per heavy atom. The van der Waals surface area contributed by atoms with E-state index in [0.29, 0.717) is 0 Å². The van der Waals surface area contributed by atoms with Gasteiger partial charge in [-0.25, -0.2) is 0 Å². The van der Waals surface area contributed by atoms with Gasteiger partial charge in [0.1, 0.15) is 0 Å². The number of nitrogens with one attached hydrogen (secondary N) is 1. The van der Waals surface area contributed by atoms with Gasteiger partial charge >= 0.3 is 0 Å². The standard InChI is InChI=1S/C14H29N3/c1-3-8-16-10-6-14(7-11-16)17-9-4-5-13(12-17)15-2/h13-15H,3-12H2,1-2H3. The van der Waals surface area contributed by atoms with Crippen molar-refractivity contribution in [1.82, 2.24) is 15.1 Å². The molecule has 0 bridgehead atoms. The van der Waals surface area contributed by atoms with Crippen LogP contribution in [-0.4, -0.2) is 61.7 Å². The van der Waals surface area contributed by atoms with Crippen LogP contribution in [0.25, 0.3) is 0 Å². The van der Waals surface area contributed by atoms with Gasteiger partial charge in [-0.3, -0.25) is 4.90 Å². The van der Waals surface area contributed by atoms with E-state index in [0.717, 1.165) is 12.1 Å². The molecule has 3 nitrogen and oxygen atoms in total. The first-order valence-electron chi connectivity index (χ1n) is 7.47. The third-order valence-electron chi connectivity index (χ3n) is 4.47. The minimum absolute atomic E-state index is 0.734. The second kappa shape index (κ2) is 6.72. The second-order valence-electron chi connectivity index (χ2n) is 5.70. The predicted octanol–water partition coefficient (Wildman–Crippen LogP) is 1.54. The molecule has 3 heteroatoms. The van der Waals surface area contributed by atoms with Gasteiger partial charge in [0.05, 0.1) is 0 Å². The van der Waals surface area contributed by atoms with Gasteiger partial charge in [0.15, 0.2) is 0 Å². The Morgan fingerprint density at radius 2 is 1.88 bits per heavy atom. The van der Waals surface area contributed by atoms with Crippen LogP contribution in [0.2, 0.25) is 0 Å². The molecule has 1 N–H and O–H groups in total. The lowest BCUT2D eigenvalue weighted by atomic mass is 9.98. The molecule has 2 aliphatic rings. The zero-order chi connectivity index (χ0) is 12.1. The molecule has 2 rings (SSSR count). The number of hydrogen-bond donors (Lipinski definition) is 1. The molecule has 0 amide bonds. The number of rotatable bonds is 4. The summed E-state index contributed by atoms with van der Waals surface area (Å²) in [4.78, 5) is 5.38. The molecule has 0 spiro atoms. The zero-order valence-corrected chi connectivity index (χ0v) is 11.6. The molecule has 1 unspecified atom stereocenters. The Balaban J connectivity index is 1.76. The maximum Gasteiger partial charge on any atom is 0.0192 e. The number of hydrogen-bond acceptors (Lipinski definition) is 3. The first-order valence-corrected chi connectivity index (χ1v) is 7.47. The van der Waals surface area contributed by atoms with Gasteiger partial charge in [0, 0.05) is 18.6 Å². The van der Waals surface area contributed by atoms with E-state index in [9.17, 15) is 0 Å². The summed E-state index contributed by atoms with van der Waals surface area (Å²) in [6.07, 6.45) is 6.81. The van der Waals surface area contributed by atoms with Crippen LogP contribution in [0.3, 0.4) is 0 Å². The van der Waals surface area contributed by atoms with Crippen molar-refractivity contribution in [2.75, 3.05) is 39.8 Å². The average molecular weight is 239 g/mol. The van der Waals surface area contributed by atoms with Crippen LogP contribution in [-0.2, 0) is 0 Å². The minimum atomic E-state index is 0.734. The predicted molar refractivity (Wildman–Crippen MR) is 73.4 cm³/mol. The molecule has 17 heavy (non-hydrogen) atoms. The van der Waals surface area contributed by atoms with E-state index in [-0.39, 0.29) is 0 Å². The summed E-state index contributed by atoms with van der Waals surface area (Å²) in [6, 6.07) is 1.59. The van der Waals surface area contributed by atoms with Crippen molar-refractivity contribution >= 4 is 0 Å². The lowest BCUT2D eigenvalue weighted by Crippen LogP contribution is -2.52. The van der Waals surface area contributed by atoms with Gasteiger partial charge in [-0.2, -0.15) is 0 Å². The SMILES string of the molecule is CCCN1CCC(N2CCCC(NC)C2)CC1. The smallest absolute Gasteiger partial charge is 0.0192 e. The highest BCUT2D eigenvalue weighted by Crippen LogP contribution is 2.21. The van der Waals surface area contributed by atoms with E-state index in [2.05, 4.69) is 29.1 Å². The van der Waals surface area contributed by atoms with Crippen LogP contribution in [0, 0.1) is 0 Å². The van der Waals surface area contributed by atoms with E-state index in [4.69, 9.17) is 0 Å². The Kier molecular flexibility index (Phi) is 5.26. The molecule has 100 valence electrons. The van der Waals surface area contributed by atoms with Crippen molar-refractivity contribution in [3.8, 4) is 0 Å². The molecular weight excluding hydrogens is 210 g/mol. The largest absolute Gasteiger partial charge is 0.316 e. The molecule has 0 aromatic heterocycles. The van der Waals surface area contributed by atoms with Crippen LogP contribution < -0.4 is 5.32 Å². The van der Waals surface area contributed by atoms with Crippen LogP contribution in [0.15, 0.2) is 0 Å².